The maximum Gasteiger partial charge on any atom is 0.323 e. The zero-order valence-electron chi connectivity index (χ0n) is 35.8. The van der Waals surface area contributed by atoms with E-state index < -0.39 is 44.6 Å². The second-order valence-electron chi connectivity index (χ2n) is 14.0. The van der Waals surface area contributed by atoms with Gasteiger partial charge in [-0.2, -0.15) is 13.1 Å². The average Bonchev–Trinajstić information content (AvgIpc) is 3.24. The lowest BCUT2D eigenvalue weighted by Crippen LogP contribution is -2.48. The number of aliphatic carboxylic acids is 1. The van der Waals surface area contributed by atoms with Gasteiger partial charge in [-0.1, -0.05) is 42.5 Å². The molecule has 0 aliphatic rings. The highest BCUT2D eigenvalue weighted by Crippen LogP contribution is 2.30. The lowest BCUT2D eigenvalue weighted by Gasteiger charge is -2.19. The predicted molar refractivity (Wildman–Crippen MR) is 247 cm³/mol. The van der Waals surface area contributed by atoms with Crippen LogP contribution in [0.3, 0.4) is 0 Å². The second-order valence-corrected chi connectivity index (χ2v) is 17.1. The Morgan fingerprint density at radius 2 is 1.57 bits per heavy atom. The Labute approximate surface area is 377 Å². The monoisotopic (exact) mass is 935 g/mol. The number of nitrogens with one attached hydrogen (secondary N) is 7. The van der Waals surface area contributed by atoms with Gasteiger partial charge in [0, 0.05) is 61.5 Å². The van der Waals surface area contributed by atoms with Crippen molar-refractivity contribution in [2.24, 2.45) is 10.7 Å². The minimum atomic E-state index is -4.27. The highest BCUT2D eigenvalue weighted by molar-refractivity contribution is 7.89. The van der Waals surface area contributed by atoms with E-state index in [1.54, 1.807) is 38.1 Å². The molecule has 0 aliphatic carbocycles. The molecule has 0 bridgehead atoms. The minimum Gasteiger partial charge on any atom is -0.491 e. The molecule has 1 aromatic heterocycles. The van der Waals surface area contributed by atoms with Crippen molar-refractivity contribution in [3.05, 3.63) is 119 Å². The number of rotatable bonds is 22. The first-order chi connectivity index (χ1) is 30.7. The molecule has 0 radical (unpaired) electrons. The molecule has 13 N–H and O–H groups in total. The number of hydrogen-bond donors (Lipinski definition) is 11. The van der Waals surface area contributed by atoms with Crippen LogP contribution in [0.15, 0.2) is 94.4 Å². The van der Waals surface area contributed by atoms with Crippen LogP contribution in [0.1, 0.15) is 61.4 Å². The molecule has 0 aliphatic heterocycles. The Kier molecular flexibility index (Phi) is 19.7. The molecule has 4 aromatic rings. The number of nitrogen functional groups attached to an aromatic ring is 1. The lowest BCUT2D eigenvalue weighted by atomic mass is 10.1. The zero-order valence-corrected chi connectivity index (χ0v) is 37.5. The summed E-state index contributed by atoms with van der Waals surface area (Å²) in [6.45, 7) is 9.11. The van der Waals surface area contributed by atoms with Crippen LogP contribution >= 0.6 is 0 Å². The second kappa shape index (κ2) is 24.6. The van der Waals surface area contributed by atoms with Gasteiger partial charge in [-0.25, -0.2) is 13.4 Å². The van der Waals surface area contributed by atoms with Crippen LogP contribution in [0.25, 0.3) is 0 Å². The van der Waals surface area contributed by atoms with E-state index in [0.29, 0.717) is 48.3 Å². The number of amides is 2. The first-order valence-electron chi connectivity index (χ1n) is 19.6. The molecular formula is C42H53N11O10S2. The summed E-state index contributed by atoms with van der Waals surface area (Å²) in [6, 6.07) is 13.3. The summed E-state index contributed by atoms with van der Waals surface area (Å²) in [7, 11) is -8.47. The van der Waals surface area contributed by atoms with Crippen molar-refractivity contribution in [3.8, 4) is 5.75 Å². The van der Waals surface area contributed by atoms with Crippen LogP contribution in [0.4, 0.5) is 11.5 Å². The van der Waals surface area contributed by atoms with Crippen molar-refractivity contribution in [1.29, 1.82) is 10.8 Å². The number of sulfonamides is 1. The first-order valence-corrected chi connectivity index (χ1v) is 22.5. The normalized spacial score (nSPS) is 11.8. The quantitative estimate of drug-likeness (QED) is 0.0234. The summed E-state index contributed by atoms with van der Waals surface area (Å²) < 4.78 is 64.7. The van der Waals surface area contributed by atoms with Crippen LogP contribution < -0.4 is 42.2 Å². The molecule has 0 spiro atoms. The van der Waals surface area contributed by atoms with E-state index in [9.17, 15) is 36.3 Å². The highest BCUT2D eigenvalue weighted by atomic mass is 32.2. The first kappa shape index (κ1) is 52.1. The number of aliphatic imine (C=N–C) groups is 1. The summed E-state index contributed by atoms with van der Waals surface area (Å²) in [5, 5.41) is 35.9. The number of carbonyl (C=O) groups is 3. The molecule has 2 amide bonds. The van der Waals surface area contributed by atoms with Gasteiger partial charge >= 0.3 is 5.97 Å². The Bertz CT molecular complexity index is 2600. The third-order valence-electron chi connectivity index (χ3n) is 8.92. The Balaban J connectivity index is 0.000000806. The molecule has 1 heterocycles. The summed E-state index contributed by atoms with van der Waals surface area (Å²) in [4.78, 5) is 45.7. The van der Waals surface area contributed by atoms with Gasteiger partial charge in [0.05, 0.1) is 22.8 Å². The Hall–Kier alpha value is -7.21. The molecule has 348 valence electrons. The summed E-state index contributed by atoms with van der Waals surface area (Å²) >= 11 is 0. The molecule has 1 atom stereocenters. The standard InChI is InChI=1S/C35H46N10O7S.C7H7NO3S/c1-5-39-35(38)42-11-6-10-40-30-26(18-36)16-25(17-28(30)52-13-7-12-41-32(46)24-8-9-29(37)43-19-24)33(47)44-20-27(34(48)49)45-53(50,51)31-22(3)14-21(2)15-23(31)4;8-5-6-3-1-2-4-7(6)12(9,10)11/h5,8-9,14-19,27,36,40,45H,1,6-7,10-13,20H2,2-4H3,(H2,37,43)(H,41,46)(H,44,47)(H,48,49)(H3,38,39,42);1-5,8H,(H,9,10,11). The van der Waals surface area contributed by atoms with Gasteiger partial charge in [0.2, 0.25) is 10.0 Å². The molecule has 65 heavy (non-hydrogen) atoms. The zero-order chi connectivity index (χ0) is 48.3. The maximum atomic E-state index is 13.4. The van der Waals surface area contributed by atoms with E-state index in [4.69, 9.17) is 31.6 Å². The van der Waals surface area contributed by atoms with E-state index in [1.807, 2.05) is 6.92 Å². The number of guanidine groups is 1. The number of carboxylic acids is 1. The molecule has 1 unspecified atom stereocenters. The van der Waals surface area contributed by atoms with Crippen molar-refractivity contribution in [2.45, 2.75) is 49.4 Å². The smallest absolute Gasteiger partial charge is 0.323 e. The summed E-state index contributed by atoms with van der Waals surface area (Å²) in [5.41, 5.74) is 14.3. The molecule has 3 aromatic carbocycles. The molecule has 21 nitrogen and oxygen atoms in total. The number of aromatic nitrogens is 1. The average molecular weight is 936 g/mol. The van der Waals surface area contributed by atoms with E-state index in [2.05, 4.69) is 42.5 Å². The molecule has 0 fully saturated rings. The van der Waals surface area contributed by atoms with Crippen molar-refractivity contribution >= 4 is 67.8 Å². The lowest BCUT2D eigenvalue weighted by molar-refractivity contribution is -0.138. The van der Waals surface area contributed by atoms with Gasteiger partial charge in [-0.3, -0.25) is 23.9 Å². The van der Waals surface area contributed by atoms with Crippen molar-refractivity contribution in [2.75, 3.05) is 43.8 Å². The van der Waals surface area contributed by atoms with Crippen molar-refractivity contribution in [1.82, 2.24) is 25.7 Å². The van der Waals surface area contributed by atoms with E-state index in [1.165, 1.54) is 48.8 Å². The fraction of sp³-hybridized carbons (Fsp3) is 0.262. The van der Waals surface area contributed by atoms with Gasteiger partial charge in [-0.15, -0.1) is 0 Å². The van der Waals surface area contributed by atoms with Crippen LogP contribution in [0.5, 0.6) is 5.75 Å². The van der Waals surface area contributed by atoms with Crippen molar-refractivity contribution < 1.29 is 45.6 Å². The third kappa shape index (κ3) is 16.1. The van der Waals surface area contributed by atoms with Gasteiger partial charge in [-0.05, 0) is 81.3 Å². The molecule has 4 rings (SSSR count). The number of benzene rings is 3. The summed E-state index contributed by atoms with van der Waals surface area (Å²) in [5.74, 6) is -1.87. The number of nitrogens with zero attached hydrogens (tertiary/aromatic N) is 2. The minimum absolute atomic E-state index is 0.0262. The third-order valence-corrected chi connectivity index (χ3v) is 11.6. The topological polar surface area (TPSA) is 354 Å². The van der Waals surface area contributed by atoms with E-state index >= 15 is 0 Å². The number of carboxylic acid groups (broad SMARTS) is 1. The molecule has 0 saturated carbocycles. The Morgan fingerprint density at radius 3 is 2.15 bits per heavy atom. The number of nitrogens with two attached hydrogens (primary N) is 2. The molecule has 23 heteroatoms. The largest absolute Gasteiger partial charge is 0.491 e. The Morgan fingerprint density at radius 1 is 0.908 bits per heavy atom. The molecular weight excluding hydrogens is 883 g/mol. The number of carbonyl (C=O) groups excluding carboxylic acids is 2. The van der Waals surface area contributed by atoms with Crippen LogP contribution in [-0.4, -0.2) is 106 Å². The maximum absolute atomic E-state index is 13.4. The predicted octanol–water partition coefficient (Wildman–Crippen LogP) is 2.73. The van der Waals surface area contributed by atoms with Crippen molar-refractivity contribution in [3.63, 3.8) is 0 Å². The fourth-order valence-corrected chi connectivity index (χ4v) is 8.39. The summed E-state index contributed by atoms with van der Waals surface area (Å²) in [6.07, 6.45) is 5.58. The number of anilines is 2. The number of ether oxygens (including phenoxy) is 1. The fourth-order valence-electron chi connectivity index (χ4n) is 6.07. The van der Waals surface area contributed by atoms with Gasteiger partial charge in [0.15, 0.2) is 5.96 Å². The SMILES string of the molecule is C=CNC(N)=NCCCNc1c(C=N)cc(C(=O)NCC(NS(=O)(=O)c2c(C)cc(C)cc2C)C(=O)O)cc1OCCCNC(=O)c1ccc(N)nc1.N=Cc1ccccc1S(=O)(=O)O. The highest BCUT2D eigenvalue weighted by Gasteiger charge is 2.29. The van der Waals surface area contributed by atoms with E-state index in [0.717, 1.165) is 18.0 Å². The number of pyridine rings is 1. The van der Waals surface area contributed by atoms with Gasteiger partial charge in [0.25, 0.3) is 21.9 Å². The molecule has 0 saturated heterocycles. The number of aryl methyl sites for hydroxylation is 3. The van der Waals surface area contributed by atoms with Crippen LogP contribution in [0.2, 0.25) is 0 Å². The van der Waals surface area contributed by atoms with Gasteiger partial charge < -0.3 is 53.4 Å². The van der Waals surface area contributed by atoms with Crippen LogP contribution in [-0.2, 0) is 24.9 Å². The van der Waals surface area contributed by atoms with E-state index in [-0.39, 0.29) is 63.1 Å². The van der Waals surface area contributed by atoms with Gasteiger partial charge in [0.1, 0.15) is 22.5 Å². The van der Waals surface area contributed by atoms with Crippen LogP contribution in [0, 0.1) is 31.6 Å². The number of hydrogen-bond acceptors (Lipinski definition) is 14.